The standard InChI is InChI=1S/C53H29N3O3/c1-3-12-35-30(9-1)11-7-15-37(35)40-16-8-17-41-39-23-20-34(29-48(39)59-50(40)41)53-55-51(32-21-25-46-43(27-32)38-14-5-6-18-45(38)57-46)54-52(56-53)33-22-26-47-44(28-33)42-24-19-31-10-2-4-13-36(31)49(42)58-47/h1-29H. The Labute approximate surface area is 335 Å². The van der Waals surface area contributed by atoms with Crippen LogP contribution in [0.25, 0.3) is 133 Å². The van der Waals surface area contributed by atoms with Gasteiger partial charge in [0.15, 0.2) is 17.5 Å². The van der Waals surface area contributed by atoms with Crippen molar-refractivity contribution in [3.05, 3.63) is 176 Å². The minimum absolute atomic E-state index is 0.543. The van der Waals surface area contributed by atoms with Crippen LogP contribution in [0.1, 0.15) is 0 Å². The normalized spacial score (nSPS) is 12.1. The Hall–Kier alpha value is -8.09. The van der Waals surface area contributed by atoms with Crippen molar-refractivity contribution in [1.29, 1.82) is 0 Å². The average molecular weight is 756 g/mol. The van der Waals surface area contributed by atoms with Crippen LogP contribution in [0.15, 0.2) is 189 Å². The van der Waals surface area contributed by atoms with Gasteiger partial charge in [-0.15, -0.1) is 0 Å². The first-order chi connectivity index (χ1) is 29.2. The Morgan fingerprint density at radius 2 is 0.763 bits per heavy atom. The van der Waals surface area contributed by atoms with E-state index in [1.165, 1.54) is 10.8 Å². The lowest BCUT2D eigenvalue weighted by molar-refractivity contribution is 0.669. The van der Waals surface area contributed by atoms with Crippen molar-refractivity contribution in [3.63, 3.8) is 0 Å². The molecule has 0 aliphatic rings. The molecule has 0 unspecified atom stereocenters. The third-order valence-corrected chi connectivity index (χ3v) is 11.7. The van der Waals surface area contributed by atoms with E-state index < -0.39 is 0 Å². The van der Waals surface area contributed by atoms with Crippen molar-refractivity contribution in [2.24, 2.45) is 0 Å². The maximum atomic E-state index is 6.78. The number of fused-ring (bicyclic) bond motifs is 12. The minimum atomic E-state index is 0.543. The van der Waals surface area contributed by atoms with Crippen LogP contribution in [0.3, 0.4) is 0 Å². The quantitative estimate of drug-likeness (QED) is 0.178. The molecule has 0 saturated carbocycles. The predicted octanol–water partition coefficient (Wildman–Crippen LogP) is 14.5. The molecule has 0 N–H and O–H groups in total. The minimum Gasteiger partial charge on any atom is -0.456 e. The molecule has 0 aliphatic heterocycles. The van der Waals surface area contributed by atoms with Crippen LogP contribution in [0.4, 0.5) is 0 Å². The van der Waals surface area contributed by atoms with Gasteiger partial charge in [-0.3, -0.25) is 0 Å². The van der Waals surface area contributed by atoms with Crippen LogP contribution in [-0.4, -0.2) is 15.0 Å². The summed E-state index contributed by atoms with van der Waals surface area (Å²) in [7, 11) is 0. The molecule has 9 aromatic carbocycles. The molecule has 0 amide bonds. The van der Waals surface area contributed by atoms with Gasteiger partial charge in [0.2, 0.25) is 0 Å². The molecular formula is C53H29N3O3. The smallest absolute Gasteiger partial charge is 0.164 e. The van der Waals surface area contributed by atoms with Crippen molar-refractivity contribution in [3.8, 4) is 45.3 Å². The van der Waals surface area contributed by atoms with Crippen molar-refractivity contribution in [2.75, 3.05) is 0 Å². The molecule has 6 heteroatoms. The summed E-state index contributed by atoms with van der Waals surface area (Å²) in [6.45, 7) is 0. The van der Waals surface area contributed by atoms with Crippen LogP contribution in [-0.2, 0) is 0 Å². The zero-order chi connectivity index (χ0) is 38.6. The number of benzene rings is 9. The number of aromatic nitrogens is 3. The van der Waals surface area contributed by atoms with Gasteiger partial charge in [-0.2, -0.15) is 0 Å². The first-order valence-corrected chi connectivity index (χ1v) is 19.7. The SMILES string of the molecule is c1ccc2c(-c3cccc4c3oc3cc(-c5nc(-c6ccc7oc8ccccc8c7c6)nc(-c6ccc7oc8c9ccccc9ccc8c7c6)n5)ccc34)cccc2c1. The lowest BCUT2D eigenvalue weighted by Gasteiger charge is -2.09. The maximum Gasteiger partial charge on any atom is 0.164 e. The molecule has 0 saturated heterocycles. The molecule has 0 atom stereocenters. The van der Waals surface area contributed by atoms with E-state index in [0.29, 0.717) is 17.5 Å². The van der Waals surface area contributed by atoms with Crippen LogP contribution in [0, 0.1) is 0 Å². The van der Waals surface area contributed by atoms with E-state index in [2.05, 4.69) is 121 Å². The largest absolute Gasteiger partial charge is 0.456 e. The molecule has 274 valence electrons. The van der Waals surface area contributed by atoms with E-state index in [4.69, 9.17) is 28.2 Å². The molecule has 0 aliphatic carbocycles. The van der Waals surface area contributed by atoms with Gasteiger partial charge in [0.1, 0.15) is 33.5 Å². The maximum absolute atomic E-state index is 6.78. The number of hydrogen-bond acceptors (Lipinski definition) is 6. The second-order valence-corrected chi connectivity index (χ2v) is 15.1. The Morgan fingerprint density at radius 3 is 1.56 bits per heavy atom. The second-order valence-electron chi connectivity index (χ2n) is 15.1. The van der Waals surface area contributed by atoms with Gasteiger partial charge in [-0.25, -0.2) is 15.0 Å². The van der Waals surface area contributed by atoms with Gasteiger partial charge >= 0.3 is 0 Å². The molecule has 13 aromatic rings. The highest BCUT2D eigenvalue weighted by atomic mass is 16.3. The lowest BCUT2D eigenvalue weighted by atomic mass is 9.96. The third-order valence-electron chi connectivity index (χ3n) is 11.7. The van der Waals surface area contributed by atoms with Crippen LogP contribution < -0.4 is 0 Å². The highest BCUT2D eigenvalue weighted by Gasteiger charge is 2.19. The summed E-state index contributed by atoms with van der Waals surface area (Å²) in [6, 6.07) is 60.5. The van der Waals surface area contributed by atoms with E-state index in [9.17, 15) is 0 Å². The molecular weight excluding hydrogens is 727 g/mol. The zero-order valence-corrected chi connectivity index (χ0v) is 31.3. The molecule has 13 rings (SSSR count). The summed E-state index contributed by atoms with van der Waals surface area (Å²) >= 11 is 0. The fourth-order valence-corrected chi connectivity index (χ4v) is 8.88. The average Bonchev–Trinajstić information content (AvgIpc) is 3.99. The number of rotatable bonds is 4. The topological polar surface area (TPSA) is 78.1 Å². The van der Waals surface area contributed by atoms with Gasteiger partial charge in [0, 0.05) is 60.0 Å². The molecule has 0 fully saturated rings. The van der Waals surface area contributed by atoms with Crippen LogP contribution >= 0.6 is 0 Å². The third kappa shape index (κ3) is 4.90. The predicted molar refractivity (Wildman–Crippen MR) is 238 cm³/mol. The molecule has 0 radical (unpaired) electrons. The van der Waals surface area contributed by atoms with E-state index in [1.54, 1.807) is 0 Å². The van der Waals surface area contributed by atoms with Gasteiger partial charge in [-0.05, 0) is 82.4 Å². The Bertz CT molecular complexity index is 3870. The monoisotopic (exact) mass is 755 g/mol. The van der Waals surface area contributed by atoms with Crippen molar-refractivity contribution in [1.82, 2.24) is 15.0 Å². The van der Waals surface area contributed by atoms with E-state index in [-0.39, 0.29) is 0 Å². The van der Waals surface area contributed by atoms with Crippen LogP contribution in [0.5, 0.6) is 0 Å². The van der Waals surface area contributed by atoms with E-state index in [0.717, 1.165) is 104 Å². The number of furan rings is 3. The zero-order valence-electron chi connectivity index (χ0n) is 31.3. The van der Waals surface area contributed by atoms with Gasteiger partial charge in [0.25, 0.3) is 0 Å². The van der Waals surface area contributed by atoms with E-state index in [1.807, 2.05) is 54.6 Å². The Morgan fingerprint density at radius 1 is 0.271 bits per heavy atom. The van der Waals surface area contributed by atoms with Gasteiger partial charge in [-0.1, -0.05) is 115 Å². The van der Waals surface area contributed by atoms with Gasteiger partial charge in [0.05, 0.1) is 0 Å². The fraction of sp³-hybridized carbons (Fsp3) is 0. The molecule has 0 bridgehead atoms. The number of nitrogens with zero attached hydrogens (tertiary/aromatic N) is 3. The second kappa shape index (κ2) is 12.2. The molecule has 59 heavy (non-hydrogen) atoms. The highest BCUT2D eigenvalue weighted by molar-refractivity contribution is 6.16. The number of para-hydroxylation sites is 2. The summed E-state index contributed by atoms with van der Waals surface area (Å²) < 4.78 is 19.4. The summed E-state index contributed by atoms with van der Waals surface area (Å²) in [5.41, 5.74) is 9.68. The molecule has 4 heterocycles. The summed E-state index contributed by atoms with van der Waals surface area (Å²) in [4.78, 5) is 15.5. The van der Waals surface area contributed by atoms with E-state index >= 15 is 0 Å². The fourth-order valence-electron chi connectivity index (χ4n) is 8.88. The molecule has 6 nitrogen and oxygen atoms in total. The molecule has 0 spiro atoms. The lowest BCUT2D eigenvalue weighted by Crippen LogP contribution is -2.00. The van der Waals surface area contributed by atoms with Crippen molar-refractivity contribution < 1.29 is 13.3 Å². The highest BCUT2D eigenvalue weighted by Crippen LogP contribution is 2.41. The van der Waals surface area contributed by atoms with Gasteiger partial charge < -0.3 is 13.3 Å². The molecule has 4 aromatic heterocycles. The van der Waals surface area contributed by atoms with Crippen molar-refractivity contribution >= 4 is 87.4 Å². The summed E-state index contributed by atoms with van der Waals surface area (Å²) in [6.07, 6.45) is 0. The Kier molecular flexibility index (Phi) is 6.63. The summed E-state index contributed by atoms with van der Waals surface area (Å²) in [5.74, 6) is 1.66. The first-order valence-electron chi connectivity index (χ1n) is 19.7. The van der Waals surface area contributed by atoms with Crippen LogP contribution in [0.2, 0.25) is 0 Å². The van der Waals surface area contributed by atoms with Crippen molar-refractivity contribution in [2.45, 2.75) is 0 Å². The number of hydrogen-bond donors (Lipinski definition) is 0. The Balaban J connectivity index is 1.00. The first kappa shape index (κ1) is 32.0. The summed E-state index contributed by atoms with van der Waals surface area (Å²) in [5, 5.41) is 10.8.